The highest BCUT2D eigenvalue weighted by atomic mass is 32.2. The Bertz CT molecular complexity index is 851. The Labute approximate surface area is 158 Å². The molecule has 0 aliphatic carbocycles. The van der Waals surface area contributed by atoms with Crippen LogP contribution in [0.2, 0.25) is 0 Å². The van der Waals surface area contributed by atoms with Crippen LogP contribution in [0.4, 0.5) is 0 Å². The molecule has 2 heterocycles. The second kappa shape index (κ2) is 8.36. The topological polar surface area (TPSA) is 63.6 Å². The molecule has 0 unspecified atom stereocenters. The molecule has 26 heavy (non-hydrogen) atoms. The first kappa shape index (κ1) is 18.5. The van der Waals surface area contributed by atoms with Gasteiger partial charge in [-0.1, -0.05) is 49.9 Å². The predicted octanol–water partition coefficient (Wildman–Crippen LogP) is 4.32. The number of carbonyl (C=O) groups excluding carboxylic acids is 1. The lowest BCUT2D eigenvalue weighted by Gasteiger charge is -2.07. The molecule has 0 bridgehead atoms. The number of benzene rings is 1. The molecule has 3 rings (SSSR count). The van der Waals surface area contributed by atoms with Crippen LogP contribution in [-0.4, -0.2) is 31.3 Å². The Kier molecular flexibility index (Phi) is 5.93. The first-order valence-corrected chi connectivity index (χ1v) is 9.86. The maximum Gasteiger partial charge on any atom is 0.191 e. The van der Waals surface area contributed by atoms with Crippen LogP contribution in [0.3, 0.4) is 0 Å². The summed E-state index contributed by atoms with van der Waals surface area (Å²) in [5.74, 6) is 1.93. The number of aromatic nitrogens is 4. The molecule has 0 fully saturated rings. The second-order valence-corrected chi connectivity index (χ2v) is 7.49. The summed E-state index contributed by atoms with van der Waals surface area (Å²) < 4.78 is 2.04. The predicted molar refractivity (Wildman–Crippen MR) is 105 cm³/mol. The lowest BCUT2D eigenvalue weighted by molar-refractivity contribution is -0.116. The lowest BCUT2D eigenvalue weighted by Crippen LogP contribution is -2.07. The van der Waals surface area contributed by atoms with Crippen molar-refractivity contribution in [2.45, 2.75) is 44.8 Å². The molecule has 0 aliphatic heterocycles. The van der Waals surface area contributed by atoms with Crippen LogP contribution < -0.4 is 0 Å². The zero-order chi connectivity index (χ0) is 18.5. The van der Waals surface area contributed by atoms with Crippen molar-refractivity contribution in [1.29, 1.82) is 0 Å². The molecule has 0 spiro atoms. The van der Waals surface area contributed by atoms with Gasteiger partial charge in [0, 0.05) is 30.9 Å². The quantitative estimate of drug-likeness (QED) is 0.602. The monoisotopic (exact) mass is 368 g/mol. The third kappa shape index (κ3) is 4.25. The molecule has 0 atom stereocenters. The van der Waals surface area contributed by atoms with Gasteiger partial charge in [-0.3, -0.25) is 4.79 Å². The first-order valence-electron chi connectivity index (χ1n) is 8.88. The van der Waals surface area contributed by atoms with Gasteiger partial charge in [-0.05, 0) is 30.0 Å². The fourth-order valence-corrected chi connectivity index (χ4v) is 3.66. The van der Waals surface area contributed by atoms with Gasteiger partial charge in [0.05, 0.1) is 5.75 Å². The SMILES string of the molecule is CCn1c(SCC(=O)Cc2ccc(C(C)C)cc2)nnc1-c1cc[nH]c1. The summed E-state index contributed by atoms with van der Waals surface area (Å²) in [6.07, 6.45) is 4.22. The van der Waals surface area contributed by atoms with Gasteiger partial charge in [0.2, 0.25) is 0 Å². The van der Waals surface area contributed by atoms with Crippen LogP contribution in [0.5, 0.6) is 0 Å². The van der Waals surface area contributed by atoms with Gasteiger partial charge in [0.15, 0.2) is 11.0 Å². The lowest BCUT2D eigenvalue weighted by atomic mass is 10.0. The van der Waals surface area contributed by atoms with Crippen molar-refractivity contribution in [2.75, 3.05) is 5.75 Å². The minimum Gasteiger partial charge on any atom is -0.367 e. The second-order valence-electron chi connectivity index (χ2n) is 6.55. The summed E-state index contributed by atoms with van der Waals surface area (Å²) in [6.45, 7) is 7.16. The van der Waals surface area contributed by atoms with E-state index in [0.717, 1.165) is 28.7 Å². The molecular formula is C20H24N4OS. The molecule has 1 N–H and O–H groups in total. The average molecular weight is 369 g/mol. The van der Waals surface area contributed by atoms with Gasteiger partial charge < -0.3 is 9.55 Å². The Morgan fingerprint density at radius 2 is 1.96 bits per heavy atom. The maximum absolute atomic E-state index is 12.4. The molecule has 1 aromatic carbocycles. The number of Topliss-reactive ketones (excluding diaryl/α,β-unsaturated/α-hetero) is 1. The Morgan fingerprint density at radius 1 is 1.19 bits per heavy atom. The van der Waals surface area contributed by atoms with E-state index in [2.05, 4.69) is 60.2 Å². The molecular weight excluding hydrogens is 344 g/mol. The van der Waals surface area contributed by atoms with E-state index in [0.29, 0.717) is 18.1 Å². The first-order chi connectivity index (χ1) is 12.6. The normalized spacial score (nSPS) is 11.2. The largest absolute Gasteiger partial charge is 0.367 e. The number of thioether (sulfide) groups is 1. The van der Waals surface area contributed by atoms with E-state index in [1.165, 1.54) is 17.3 Å². The summed E-state index contributed by atoms with van der Waals surface area (Å²) >= 11 is 1.45. The van der Waals surface area contributed by atoms with E-state index < -0.39 is 0 Å². The summed E-state index contributed by atoms with van der Waals surface area (Å²) in [5, 5.41) is 9.33. The Hall–Kier alpha value is -2.34. The molecule has 0 saturated carbocycles. The molecule has 2 aromatic heterocycles. The number of hydrogen-bond donors (Lipinski definition) is 1. The van der Waals surface area contributed by atoms with E-state index in [9.17, 15) is 4.79 Å². The standard InChI is InChI=1S/C20H24N4OS/c1-4-24-19(17-9-10-21-12-17)22-23-20(24)26-13-18(25)11-15-5-7-16(8-6-15)14(2)3/h5-10,12,14,21H,4,11,13H2,1-3H3. The average Bonchev–Trinajstić information content (AvgIpc) is 3.29. The fourth-order valence-electron chi connectivity index (χ4n) is 2.80. The van der Waals surface area contributed by atoms with Crippen molar-refractivity contribution in [1.82, 2.24) is 19.7 Å². The van der Waals surface area contributed by atoms with E-state index in [4.69, 9.17) is 0 Å². The van der Waals surface area contributed by atoms with Crippen molar-refractivity contribution in [3.8, 4) is 11.4 Å². The number of ketones is 1. The number of carbonyl (C=O) groups is 1. The Balaban J connectivity index is 1.61. The van der Waals surface area contributed by atoms with Crippen molar-refractivity contribution >= 4 is 17.5 Å². The van der Waals surface area contributed by atoms with E-state index in [1.54, 1.807) is 0 Å². The van der Waals surface area contributed by atoms with Crippen LogP contribution in [-0.2, 0) is 17.8 Å². The number of nitrogens with zero attached hydrogens (tertiary/aromatic N) is 3. The third-order valence-corrected chi connectivity index (χ3v) is 5.33. The van der Waals surface area contributed by atoms with Crippen molar-refractivity contribution in [2.24, 2.45) is 0 Å². The van der Waals surface area contributed by atoms with Crippen LogP contribution in [0.1, 0.15) is 37.8 Å². The minimum atomic E-state index is 0.196. The van der Waals surface area contributed by atoms with E-state index >= 15 is 0 Å². The Morgan fingerprint density at radius 3 is 2.58 bits per heavy atom. The number of hydrogen-bond acceptors (Lipinski definition) is 4. The van der Waals surface area contributed by atoms with Gasteiger partial charge in [-0.15, -0.1) is 10.2 Å². The molecule has 0 saturated heterocycles. The summed E-state index contributed by atoms with van der Waals surface area (Å²) in [5.41, 5.74) is 3.36. The van der Waals surface area contributed by atoms with Crippen LogP contribution in [0.25, 0.3) is 11.4 Å². The highest BCUT2D eigenvalue weighted by molar-refractivity contribution is 7.99. The van der Waals surface area contributed by atoms with E-state index in [-0.39, 0.29) is 5.78 Å². The van der Waals surface area contributed by atoms with Gasteiger partial charge >= 0.3 is 0 Å². The van der Waals surface area contributed by atoms with Crippen LogP contribution in [0, 0.1) is 0 Å². The molecule has 136 valence electrons. The number of H-pyrrole nitrogens is 1. The number of rotatable bonds is 8. The molecule has 3 aromatic rings. The van der Waals surface area contributed by atoms with Crippen molar-refractivity contribution in [3.05, 3.63) is 53.9 Å². The highest BCUT2D eigenvalue weighted by Crippen LogP contribution is 2.24. The van der Waals surface area contributed by atoms with Crippen LogP contribution in [0.15, 0.2) is 47.9 Å². The number of aromatic amines is 1. The zero-order valence-electron chi connectivity index (χ0n) is 15.4. The minimum absolute atomic E-state index is 0.196. The highest BCUT2D eigenvalue weighted by Gasteiger charge is 2.15. The van der Waals surface area contributed by atoms with E-state index in [1.807, 2.05) is 23.0 Å². The summed E-state index contributed by atoms with van der Waals surface area (Å²) in [6, 6.07) is 10.3. The third-order valence-electron chi connectivity index (χ3n) is 4.30. The van der Waals surface area contributed by atoms with Gasteiger partial charge in [-0.25, -0.2) is 0 Å². The van der Waals surface area contributed by atoms with Gasteiger partial charge in [0.1, 0.15) is 5.78 Å². The number of nitrogens with one attached hydrogen (secondary N) is 1. The maximum atomic E-state index is 12.4. The van der Waals surface area contributed by atoms with Crippen molar-refractivity contribution < 1.29 is 4.79 Å². The molecule has 5 nitrogen and oxygen atoms in total. The molecule has 0 radical (unpaired) electrons. The fraction of sp³-hybridized carbons (Fsp3) is 0.350. The smallest absolute Gasteiger partial charge is 0.191 e. The van der Waals surface area contributed by atoms with Crippen molar-refractivity contribution in [3.63, 3.8) is 0 Å². The van der Waals surface area contributed by atoms with Crippen LogP contribution >= 0.6 is 11.8 Å². The molecule has 0 aliphatic rings. The molecule has 6 heteroatoms. The van der Waals surface area contributed by atoms with Gasteiger partial charge in [-0.2, -0.15) is 0 Å². The molecule has 0 amide bonds. The summed E-state index contributed by atoms with van der Waals surface area (Å²) in [4.78, 5) is 15.4. The van der Waals surface area contributed by atoms with Gasteiger partial charge in [0.25, 0.3) is 0 Å². The zero-order valence-corrected chi connectivity index (χ0v) is 16.2. The summed E-state index contributed by atoms with van der Waals surface area (Å²) in [7, 11) is 0.